The number of carbonyl (C=O) groups excluding carboxylic acids is 1. The number of benzene rings is 1. The summed E-state index contributed by atoms with van der Waals surface area (Å²) in [5.74, 6) is 1.20. The Morgan fingerprint density at radius 2 is 1.78 bits per heavy atom. The zero-order chi connectivity index (χ0) is 16.9. The average molecular weight is 313 g/mol. The van der Waals surface area contributed by atoms with Gasteiger partial charge in [0.05, 0.1) is 5.52 Å². The Morgan fingerprint density at radius 3 is 2.35 bits per heavy atom. The topological polar surface area (TPSA) is 50.2 Å². The molecule has 1 heterocycles. The lowest BCUT2D eigenvalue weighted by Gasteiger charge is -2.33. The summed E-state index contributed by atoms with van der Waals surface area (Å²) in [6, 6.07) is 8.21. The molecule has 1 N–H and O–H groups in total. The van der Waals surface area contributed by atoms with Crippen LogP contribution in [-0.2, 0) is 0 Å². The number of phenolic OH excluding ortho intramolecular Hbond substituents is 1. The van der Waals surface area contributed by atoms with Crippen molar-refractivity contribution in [3.63, 3.8) is 0 Å². The van der Waals surface area contributed by atoms with E-state index in [1.807, 2.05) is 0 Å². The molecule has 0 spiro atoms. The number of aromatic hydroxyl groups is 1. The van der Waals surface area contributed by atoms with Gasteiger partial charge in [0.2, 0.25) is 0 Å². The van der Waals surface area contributed by atoms with E-state index in [1.54, 1.807) is 30.3 Å². The highest BCUT2D eigenvalue weighted by Gasteiger charge is 2.25. The molecule has 1 aromatic carbocycles. The first-order valence-electron chi connectivity index (χ1n) is 8.45. The maximum Gasteiger partial charge on any atom is 0.168 e. The fourth-order valence-corrected chi connectivity index (χ4v) is 3.16. The Morgan fingerprint density at radius 1 is 1.09 bits per heavy atom. The van der Waals surface area contributed by atoms with E-state index in [4.69, 9.17) is 5.11 Å². The summed E-state index contributed by atoms with van der Waals surface area (Å²) in [5.41, 5.74) is 1.68. The number of aldehydes is 1. The number of hydrogen-bond acceptors (Lipinski definition) is 3. The largest absolute Gasteiger partial charge is 0.508 e. The molecule has 1 saturated carbocycles. The summed E-state index contributed by atoms with van der Waals surface area (Å²) < 4.78 is 0. The van der Waals surface area contributed by atoms with Crippen LogP contribution in [0, 0.1) is 11.3 Å². The van der Waals surface area contributed by atoms with Crippen LogP contribution in [0.3, 0.4) is 0 Å². The monoisotopic (exact) mass is 313 g/mol. The zero-order valence-corrected chi connectivity index (χ0v) is 14.4. The van der Waals surface area contributed by atoms with Gasteiger partial charge >= 0.3 is 0 Å². The highest BCUT2D eigenvalue weighted by molar-refractivity contribution is 5.84. The molecule has 1 aliphatic carbocycles. The minimum absolute atomic E-state index is 0.202. The van der Waals surface area contributed by atoms with Crippen LogP contribution in [0.2, 0.25) is 0 Å². The molecule has 124 valence electrons. The van der Waals surface area contributed by atoms with Crippen molar-refractivity contribution in [3.8, 4) is 5.75 Å². The van der Waals surface area contributed by atoms with Crippen LogP contribution in [0.4, 0.5) is 0 Å². The van der Waals surface area contributed by atoms with E-state index in [0.29, 0.717) is 22.9 Å². The number of phenols is 1. The predicted octanol–water partition coefficient (Wildman–Crippen LogP) is 5.37. The third kappa shape index (κ3) is 5.05. The fourth-order valence-electron chi connectivity index (χ4n) is 3.16. The van der Waals surface area contributed by atoms with Crippen molar-refractivity contribution in [2.45, 2.75) is 52.9 Å². The van der Waals surface area contributed by atoms with Crippen molar-refractivity contribution in [2.24, 2.45) is 11.3 Å². The summed E-state index contributed by atoms with van der Waals surface area (Å²) in [5, 5.41) is 9.98. The molecule has 23 heavy (non-hydrogen) atoms. The molecule has 3 heteroatoms. The van der Waals surface area contributed by atoms with E-state index in [2.05, 4.69) is 25.8 Å². The number of hydrogen-bond donors (Lipinski definition) is 1. The number of aromatic nitrogens is 1. The maximum absolute atomic E-state index is 10.4. The van der Waals surface area contributed by atoms with Crippen molar-refractivity contribution >= 4 is 17.2 Å². The van der Waals surface area contributed by atoms with Crippen molar-refractivity contribution < 1.29 is 9.90 Å². The summed E-state index contributed by atoms with van der Waals surface area (Å²) in [6.45, 7) is 7.13. The van der Waals surface area contributed by atoms with Gasteiger partial charge in [-0.2, -0.15) is 0 Å². The second-order valence-corrected chi connectivity index (χ2v) is 7.43. The summed E-state index contributed by atoms with van der Waals surface area (Å²) in [7, 11) is 0. The molecule has 3 rings (SSSR count). The van der Waals surface area contributed by atoms with Gasteiger partial charge in [-0.05, 0) is 48.4 Å². The number of fused-ring (bicyclic) bond motifs is 1. The van der Waals surface area contributed by atoms with Gasteiger partial charge in [-0.3, -0.25) is 4.79 Å². The number of nitrogens with zero attached hydrogens (tertiary/aromatic N) is 1. The molecule has 0 bridgehead atoms. The normalized spacial score (nSPS) is 15.8. The highest BCUT2D eigenvalue weighted by atomic mass is 16.3. The molecule has 0 atom stereocenters. The average Bonchev–Trinajstić information content (AvgIpc) is 2.55. The predicted molar refractivity (Wildman–Crippen MR) is 94.8 cm³/mol. The van der Waals surface area contributed by atoms with Crippen LogP contribution in [0.25, 0.3) is 10.9 Å². The third-order valence-corrected chi connectivity index (χ3v) is 4.64. The van der Waals surface area contributed by atoms with Crippen LogP contribution in [0.5, 0.6) is 5.75 Å². The quantitative estimate of drug-likeness (QED) is 0.720. The van der Waals surface area contributed by atoms with Gasteiger partial charge in [-0.25, -0.2) is 4.98 Å². The van der Waals surface area contributed by atoms with Gasteiger partial charge in [0.25, 0.3) is 0 Å². The summed E-state index contributed by atoms with van der Waals surface area (Å²) in [4.78, 5) is 14.5. The van der Waals surface area contributed by atoms with E-state index < -0.39 is 0 Å². The lowest BCUT2D eigenvalue weighted by molar-refractivity contribution is 0.111. The van der Waals surface area contributed by atoms with Gasteiger partial charge < -0.3 is 5.11 Å². The molecule has 1 fully saturated rings. The molecule has 0 radical (unpaired) electrons. The smallest absolute Gasteiger partial charge is 0.168 e. The van der Waals surface area contributed by atoms with Crippen LogP contribution in [0.15, 0.2) is 30.3 Å². The Bertz CT molecular complexity index is 652. The van der Waals surface area contributed by atoms with Crippen molar-refractivity contribution in [1.82, 2.24) is 4.98 Å². The third-order valence-electron chi connectivity index (χ3n) is 4.64. The lowest BCUT2D eigenvalue weighted by atomic mass is 9.72. The Kier molecular flexibility index (Phi) is 5.75. The number of pyridine rings is 1. The molecular formula is C20H27NO2. The summed E-state index contributed by atoms with van der Waals surface area (Å²) in [6.07, 6.45) is 8.08. The van der Waals surface area contributed by atoms with Crippen LogP contribution >= 0.6 is 0 Å². The van der Waals surface area contributed by atoms with Gasteiger partial charge in [0.1, 0.15) is 11.4 Å². The van der Waals surface area contributed by atoms with E-state index in [9.17, 15) is 4.79 Å². The van der Waals surface area contributed by atoms with Crippen molar-refractivity contribution in [3.05, 3.63) is 36.0 Å². The second kappa shape index (κ2) is 7.58. The minimum Gasteiger partial charge on any atom is -0.508 e. The molecule has 2 aromatic rings. The lowest BCUT2D eigenvalue weighted by Crippen LogP contribution is -2.22. The molecular weight excluding hydrogens is 286 g/mol. The first-order chi connectivity index (χ1) is 10.9. The highest BCUT2D eigenvalue weighted by Crippen LogP contribution is 2.37. The molecule has 0 amide bonds. The molecule has 3 nitrogen and oxygen atoms in total. The van der Waals surface area contributed by atoms with Crippen LogP contribution < -0.4 is 0 Å². The van der Waals surface area contributed by atoms with Gasteiger partial charge in [0.15, 0.2) is 6.29 Å². The Hall–Kier alpha value is -1.90. The summed E-state index contributed by atoms with van der Waals surface area (Å²) >= 11 is 0. The number of rotatable bonds is 1. The number of carbonyl (C=O) groups is 1. The van der Waals surface area contributed by atoms with Crippen LogP contribution in [-0.4, -0.2) is 16.4 Å². The first kappa shape index (κ1) is 17.5. The Labute approximate surface area is 138 Å². The molecule has 0 aliphatic heterocycles. The standard InChI is InChI=1S/C10H7NO2.C10H20/c12-6-8-2-1-7-5-9(13)3-4-10(7)11-8;1-10(2,3)9-7-5-4-6-8-9/h1-6,13H;9H,4-8H2,1-3H3. The zero-order valence-electron chi connectivity index (χ0n) is 14.4. The van der Waals surface area contributed by atoms with Gasteiger partial charge in [-0.15, -0.1) is 0 Å². The van der Waals surface area contributed by atoms with Gasteiger partial charge in [0, 0.05) is 5.39 Å². The minimum atomic E-state index is 0.202. The second-order valence-electron chi connectivity index (χ2n) is 7.43. The van der Waals surface area contributed by atoms with Crippen molar-refractivity contribution in [1.29, 1.82) is 0 Å². The molecule has 1 aromatic heterocycles. The SMILES string of the molecule is CC(C)(C)C1CCCCC1.O=Cc1ccc2cc(O)ccc2n1. The van der Waals surface area contributed by atoms with Gasteiger partial charge in [-0.1, -0.05) is 46.1 Å². The van der Waals surface area contributed by atoms with E-state index in [0.717, 1.165) is 11.3 Å². The first-order valence-corrected chi connectivity index (χ1v) is 8.45. The van der Waals surface area contributed by atoms with E-state index in [1.165, 1.54) is 32.1 Å². The van der Waals surface area contributed by atoms with E-state index in [-0.39, 0.29) is 5.75 Å². The molecule has 1 aliphatic rings. The fraction of sp³-hybridized carbons (Fsp3) is 0.500. The van der Waals surface area contributed by atoms with E-state index >= 15 is 0 Å². The molecule has 0 unspecified atom stereocenters. The van der Waals surface area contributed by atoms with Crippen molar-refractivity contribution in [2.75, 3.05) is 0 Å². The molecule has 0 saturated heterocycles. The Balaban J connectivity index is 0.000000174. The van der Waals surface area contributed by atoms with Crippen LogP contribution in [0.1, 0.15) is 63.4 Å². The maximum atomic E-state index is 10.4.